The van der Waals surface area contributed by atoms with Crippen molar-refractivity contribution >= 4 is 11.9 Å². The van der Waals surface area contributed by atoms with Crippen LogP contribution < -0.4 is 0 Å². The molecule has 1 fully saturated rings. The van der Waals surface area contributed by atoms with E-state index in [-0.39, 0.29) is 24.8 Å². The lowest BCUT2D eigenvalue weighted by Gasteiger charge is -2.32. The third kappa shape index (κ3) is 7.98. The van der Waals surface area contributed by atoms with E-state index in [0.29, 0.717) is 13.1 Å². The molecule has 4 rings (SSSR count). The van der Waals surface area contributed by atoms with Crippen molar-refractivity contribution in [1.82, 2.24) is 29.2 Å². The van der Waals surface area contributed by atoms with Crippen LogP contribution in [0, 0.1) is 0 Å². The van der Waals surface area contributed by atoms with Crippen molar-refractivity contribution < 1.29 is 14.6 Å². The number of fused-ring (bicyclic) bond motifs is 1. The molecule has 0 aromatic carbocycles. The van der Waals surface area contributed by atoms with Gasteiger partial charge in [0, 0.05) is 32.9 Å². The highest BCUT2D eigenvalue weighted by Crippen LogP contribution is 2.33. The van der Waals surface area contributed by atoms with Crippen LogP contribution >= 0.6 is 0 Å². The average Bonchev–Trinajstić information content (AvgIpc) is 3.60. The predicted molar refractivity (Wildman–Crippen MR) is 164 cm³/mol. The van der Waals surface area contributed by atoms with Crippen LogP contribution in [-0.2, 0) is 24.3 Å². The largest absolute Gasteiger partial charge is 0.444 e. The first-order valence-electron chi connectivity index (χ1n) is 15.0. The molecule has 2 aliphatic rings. The molecule has 9 nitrogen and oxygen atoms in total. The van der Waals surface area contributed by atoms with Crippen LogP contribution in [-0.4, -0.2) is 79.3 Å². The Kier molecular flexibility index (Phi) is 11.5. The van der Waals surface area contributed by atoms with Gasteiger partial charge in [0.15, 0.2) is 0 Å². The van der Waals surface area contributed by atoms with E-state index in [1.165, 1.54) is 5.56 Å². The van der Waals surface area contributed by atoms with Gasteiger partial charge in [-0.05, 0) is 78.1 Å². The lowest BCUT2D eigenvalue weighted by Crippen LogP contribution is -2.42. The number of aromatic nitrogens is 3. The number of allylic oxidation sites excluding steroid dienone is 3. The number of hydrogen-bond acceptors (Lipinski definition) is 7. The summed E-state index contributed by atoms with van der Waals surface area (Å²) < 4.78 is 7.58. The molecular formula is C32H50N6O3. The molecule has 1 aliphatic carbocycles. The summed E-state index contributed by atoms with van der Waals surface area (Å²) in [5, 5.41) is 10.5. The first-order valence-corrected chi connectivity index (χ1v) is 15.0. The summed E-state index contributed by atoms with van der Waals surface area (Å²) in [6.45, 7) is 13.6. The summed E-state index contributed by atoms with van der Waals surface area (Å²) in [6.07, 6.45) is 13.5. The summed E-state index contributed by atoms with van der Waals surface area (Å²) in [7, 11) is 3.92. The summed E-state index contributed by atoms with van der Waals surface area (Å²) in [6, 6.07) is 4.45. The molecule has 41 heavy (non-hydrogen) atoms. The number of imidazole rings is 1. The van der Waals surface area contributed by atoms with Crippen molar-refractivity contribution in [1.29, 1.82) is 0 Å². The standard InChI is InChI=1S/C30H44N6O3.C2H6/c1-7-8-14-27(35-17-15-23(18-35)34(6)29(38)39-30(2,3)4)36-21-32-24(26(36)20-37)19-33(5)25-13-9-11-22-12-10-16-31-28(22)25;1-2/h7-8,10,12,14,16,21,23,25,37H,9,11,13,15,17-20H2,1-6H3;1-2H3/b8-7-,27-14-;/t23?,25-;/m0./s1. The number of aryl methyl sites for hydroxylation is 1. The number of aliphatic hydroxyl groups excluding tert-OH is 1. The molecule has 226 valence electrons. The minimum Gasteiger partial charge on any atom is -0.444 e. The van der Waals surface area contributed by atoms with Crippen LogP contribution in [0.5, 0.6) is 0 Å². The number of carbonyl (C=O) groups is 1. The maximum atomic E-state index is 12.7. The Balaban J connectivity index is 0.00000226. The molecule has 1 aliphatic heterocycles. The van der Waals surface area contributed by atoms with E-state index in [1.54, 1.807) is 11.9 Å². The van der Waals surface area contributed by atoms with Crippen LogP contribution in [0.25, 0.3) is 5.82 Å². The van der Waals surface area contributed by atoms with E-state index in [4.69, 9.17) is 14.7 Å². The highest BCUT2D eigenvalue weighted by molar-refractivity contribution is 5.68. The molecule has 9 heteroatoms. The van der Waals surface area contributed by atoms with Gasteiger partial charge in [-0.25, -0.2) is 9.78 Å². The first kappa shape index (κ1) is 32.3. The highest BCUT2D eigenvalue weighted by Gasteiger charge is 2.33. The van der Waals surface area contributed by atoms with Gasteiger partial charge in [0.1, 0.15) is 17.7 Å². The molecule has 0 saturated carbocycles. The quantitative estimate of drug-likeness (QED) is 0.415. The molecule has 0 bridgehead atoms. The monoisotopic (exact) mass is 566 g/mol. The lowest BCUT2D eigenvalue weighted by atomic mass is 9.91. The van der Waals surface area contributed by atoms with Crippen molar-refractivity contribution in [2.45, 2.75) is 98.1 Å². The Morgan fingerprint density at radius 2 is 1.98 bits per heavy atom. The molecular weight excluding hydrogens is 516 g/mol. The van der Waals surface area contributed by atoms with Gasteiger partial charge in [0.05, 0.1) is 35.8 Å². The third-order valence-corrected chi connectivity index (χ3v) is 7.60. The van der Waals surface area contributed by atoms with Crippen molar-refractivity contribution in [3.05, 3.63) is 65.5 Å². The number of likely N-dealkylation sites (N-methyl/N-ethyl adjacent to an activating group) is 1. The van der Waals surface area contributed by atoms with Gasteiger partial charge >= 0.3 is 6.09 Å². The summed E-state index contributed by atoms with van der Waals surface area (Å²) in [5.74, 6) is 0.934. The van der Waals surface area contributed by atoms with Crippen molar-refractivity contribution in [2.75, 3.05) is 27.2 Å². The van der Waals surface area contributed by atoms with E-state index >= 15 is 0 Å². The zero-order chi connectivity index (χ0) is 30.2. The highest BCUT2D eigenvalue weighted by atomic mass is 16.6. The van der Waals surface area contributed by atoms with Crippen LogP contribution in [0.4, 0.5) is 4.79 Å². The van der Waals surface area contributed by atoms with Crippen molar-refractivity contribution in [3.63, 3.8) is 0 Å². The molecule has 2 aromatic rings. The van der Waals surface area contributed by atoms with Gasteiger partial charge in [0.25, 0.3) is 0 Å². The fourth-order valence-corrected chi connectivity index (χ4v) is 5.54. The fourth-order valence-electron chi connectivity index (χ4n) is 5.54. The second kappa shape index (κ2) is 14.6. The minimum absolute atomic E-state index is 0.0272. The normalized spacial score (nSPS) is 19.3. The number of likely N-dealkylation sites (tertiary alicyclic amines) is 1. The van der Waals surface area contributed by atoms with Gasteiger partial charge in [-0.2, -0.15) is 0 Å². The number of hydrogen-bond donors (Lipinski definition) is 1. The summed E-state index contributed by atoms with van der Waals surface area (Å²) in [4.78, 5) is 28.4. The maximum Gasteiger partial charge on any atom is 0.410 e. The number of pyridine rings is 1. The Hall–Kier alpha value is -3.17. The number of nitrogens with zero attached hydrogens (tertiary/aromatic N) is 6. The zero-order valence-electron chi connectivity index (χ0n) is 26.3. The van der Waals surface area contributed by atoms with Gasteiger partial charge in [0.2, 0.25) is 0 Å². The molecule has 2 atom stereocenters. The average molecular weight is 567 g/mol. The fraction of sp³-hybridized carbons (Fsp3) is 0.594. The van der Waals surface area contributed by atoms with Gasteiger partial charge in [-0.3, -0.25) is 14.5 Å². The molecule has 3 heterocycles. The molecule has 1 saturated heterocycles. The van der Waals surface area contributed by atoms with Gasteiger partial charge < -0.3 is 19.6 Å². The molecule has 0 radical (unpaired) electrons. The molecule has 0 spiro atoms. The van der Waals surface area contributed by atoms with E-state index < -0.39 is 5.60 Å². The Bertz CT molecular complexity index is 1200. The predicted octanol–water partition coefficient (Wildman–Crippen LogP) is 5.62. The molecule has 1 N–H and O–H groups in total. The number of aliphatic hydroxyl groups is 1. The lowest BCUT2D eigenvalue weighted by molar-refractivity contribution is 0.0231. The second-order valence-electron chi connectivity index (χ2n) is 11.6. The summed E-state index contributed by atoms with van der Waals surface area (Å²) in [5.41, 5.74) is 3.58. The Morgan fingerprint density at radius 3 is 2.66 bits per heavy atom. The topological polar surface area (TPSA) is 87.0 Å². The first-order chi connectivity index (χ1) is 19.6. The van der Waals surface area contributed by atoms with Crippen molar-refractivity contribution in [3.8, 4) is 0 Å². The van der Waals surface area contributed by atoms with E-state index in [0.717, 1.165) is 55.1 Å². The zero-order valence-corrected chi connectivity index (χ0v) is 26.3. The van der Waals surface area contributed by atoms with Crippen LogP contribution in [0.15, 0.2) is 42.9 Å². The number of amides is 1. The minimum atomic E-state index is -0.535. The van der Waals surface area contributed by atoms with Crippen LogP contribution in [0.2, 0.25) is 0 Å². The molecule has 1 unspecified atom stereocenters. The van der Waals surface area contributed by atoms with E-state index in [2.05, 4.69) is 22.9 Å². The Morgan fingerprint density at radius 1 is 1.22 bits per heavy atom. The molecule has 2 aromatic heterocycles. The van der Waals surface area contributed by atoms with Crippen LogP contribution in [0.1, 0.15) is 89.5 Å². The second-order valence-corrected chi connectivity index (χ2v) is 11.6. The van der Waals surface area contributed by atoms with Crippen molar-refractivity contribution in [2.24, 2.45) is 0 Å². The Labute approximate surface area is 246 Å². The number of ether oxygens (including phenoxy) is 1. The smallest absolute Gasteiger partial charge is 0.410 e. The summed E-state index contributed by atoms with van der Waals surface area (Å²) >= 11 is 0. The third-order valence-electron chi connectivity index (χ3n) is 7.60. The molecule has 1 amide bonds. The van der Waals surface area contributed by atoms with E-state index in [9.17, 15) is 9.90 Å². The number of rotatable bonds is 8. The van der Waals surface area contributed by atoms with Gasteiger partial charge in [-0.15, -0.1) is 0 Å². The van der Waals surface area contributed by atoms with E-state index in [1.807, 2.05) is 82.9 Å². The SMILES string of the molecule is C/C=C\C=C(\N1CCC(N(C)C(=O)OC(C)(C)C)C1)n1cnc(CN(C)[C@H]2CCCc3cccnc32)c1CO.CC. The van der Waals surface area contributed by atoms with Crippen LogP contribution in [0.3, 0.4) is 0 Å². The van der Waals surface area contributed by atoms with Gasteiger partial charge in [-0.1, -0.05) is 32.1 Å². The number of carbonyl (C=O) groups excluding carboxylic acids is 1. The maximum absolute atomic E-state index is 12.7.